The summed E-state index contributed by atoms with van der Waals surface area (Å²) in [4.78, 5) is 28.0. The number of amides is 2. The fourth-order valence-electron chi connectivity index (χ4n) is 2.29. The molecule has 0 aliphatic carbocycles. The molecule has 0 aliphatic rings. The van der Waals surface area contributed by atoms with E-state index in [-0.39, 0.29) is 11.8 Å². The molecule has 1 N–H and O–H groups in total. The number of anilines is 1. The van der Waals surface area contributed by atoms with Gasteiger partial charge in [-0.15, -0.1) is 22.7 Å². The summed E-state index contributed by atoms with van der Waals surface area (Å²) < 4.78 is 0.703. The van der Waals surface area contributed by atoms with E-state index in [2.05, 4.69) is 5.32 Å². The molecule has 0 bridgehead atoms. The van der Waals surface area contributed by atoms with E-state index in [1.807, 2.05) is 23.6 Å². The van der Waals surface area contributed by atoms with E-state index in [4.69, 9.17) is 11.6 Å². The van der Waals surface area contributed by atoms with E-state index in [0.717, 1.165) is 4.88 Å². The first kappa shape index (κ1) is 17.7. The molecule has 0 atom stereocenters. The molecule has 3 rings (SSSR count). The zero-order chi connectivity index (χ0) is 17.8. The molecule has 25 heavy (non-hydrogen) atoms. The summed E-state index contributed by atoms with van der Waals surface area (Å²) in [5.41, 5.74) is 1.12. The van der Waals surface area contributed by atoms with Crippen LogP contribution in [0.4, 0.5) is 5.69 Å². The van der Waals surface area contributed by atoms with Crippen molar-refractivity contribution in [2.24, 2.45) is 0 Å². The Labute approximate surface area is 158 Å². The Morgan fingerprint density at radius 2 is 2.00 bits per heavy atom. The summed E-state index contributed by atoms with van der Waals surface area (Å²) in [7, 11) is 1.74. The lowest BCUT2D eigenvalue weighted by Crippen LogP contribution is -2.25. The van der Waals surface area contributed by atoms with Gasteiger partial charge in [-0.2, -0.15) is 0 Å². The van der Waals surface area contributed by atoms with Crippen molar-refractivity contribution in [1.82, 2.24) is 4.90 Å². The van der Waals surface area contributed by atoms with Crippen LogP contribution in [0.25, 0.3) is 0 Å². The van der Waals surface area contributed by atoms with Gasteiger partial charge in [-0.3, -0.25) is 9.59 Å². The van der Waals surface area contributed by atoms with Crippen LogP contribution >= 0.6 is 34.3 Å². The van der Waals surface area contributed by atoms with Gasteiger partial charge in [-0.25, -0.2) is 0 Å². The quantitative estimate of drug-likeness (QED) is 0.667. The average molecular weight is 391 g/mol. The maximum absolute atomic E-state index is 12.6. The van der Waals surface area contributed by atoms with Crippen LogP contribution < -0.4 is 5.32 Å². The minimum Gasteiger partial charge on any atom is -0.337 e. The lowest BCUT2D eigenvalue weighted by Gasteiger charge is -2.17. The molecule has 1 aromatic carbocycles. The molecule has 0 unspecified atom stereocenters. The zero-order valence-corrected chi connectivity index (χ0v) is 15.8. The maximum atomic E-state index is 12.6. The first-order chi connectivity index (χ1) is 12.0. The van der Waals surface area contributed by atoms with Gasteiger partial charge < -0.3 is 10.2 Å². The third-order valence-corrected chi connectivity index (χ3v) is 5.57. The molecule has 0 saturated heterocycles. The summed E-state index contributed by atoms with van der Waals surface area (Å²) in [6, 6.07) is 14.3. The number of nitrogens with zero attached hydrogens (tertiary/aromatic N) is 1. The van der Waals surface area contributed by atoms with Gasteiger partial charge in [0.25, 0.3) is 11.8 Å². The Morgan fingerprint density at radius 1 is 1.16 bits per heavy atom. The van der Waals surface area contributed by atoms with Crippen LogP contribution in [-0.4, -0.2) is 23.8 Å². The fourth-order valence-corrected chi connectivity index (χ4v) is 4.05. The van der Waals surface area contributed by atoms with E-state index in [1.54, 1.807) is 42.3 Å². The maximum Gasteiger partial charge on any atom is 0.265 e. The highest BCUT2D eigenvalue weighted by atomic mass is 35.5. The third-order valence-electron chi connectivity index (χ3n) is 3.48. The third kappa shape index (κ3) is 4.48. The molecule has 0 radical (unpaired) electrons. The predicted molar refractivity (Wildman–Crippen MR) is 104 cm³/mol. The molecule has 0 saturated carbocycles. The van der Waals surface area contributed by atoms with Crippen LogP contribution in [0, 0.1) is 0 Å². The van der Waals surface area contributed by atoms with Crippen molar-refractivity contribution < 1.29 is 9.59 Å². The monoisotopic (exact) mass is 390 g/mol. The standard InChI is InChI=1S/C18H15ClN2O2S2/c1-21(11-14-7-8-16(19)25-14)18(23)12-4-2-5-13(10-12)20-17(22)15-6-3-9-24-15/h2-10H,11H2,1H3,(H,20,22). The second kappa shape index (κ2) is 7.82. The van der Waals surface area contributed by atoms with Gasteiger partial charge in [0, 0.05) is 23.2 Å². The fraction of sp³-hybridized carbons (Fsp3) is 0.111. The average Bonchev–Trinajstić information content (AvgIpc) is 3.26. The highest BCUT2D eigenvalue weighted by Gasteiger charge is 2.14. The Hall–Kier alpha value is -2.15. The first-order valence-electron chi connectivity index (χ1n) is 7.47. The van der Waals surface area contributed by atoms with Crippen molar-refractivity contribution in [2.75, 3.05) is 12.4 Å². The summed E-state index contributed by atoms with van der Waals surface area (Å²) in [6.45, 7) is 0.488. The Kier molecular flexibility index (Phi) is 5.53. The molecule has 3 aromatic rings. The normalized spacial score (nSPS) is 10.5. The van der Waals surface area contributed by atoms with Crippen LogP contribution in [0.15, 0.2) is 53.9 Å². The number of carbonyl (C=O) groups excluding carboxylic acids is 2. The van der Waals surface area contributed by atoms with E-state index in [1.165, 1.54) is 22.7 Å². The zero-order valence-electron chi connectivity index (χ0n) is 13.4. The van der Waals surface area contributed by atoms with Gasteiger partial charge in [0.1, 0.15) is 0 Å². The van der Waals surface area contributed by atoms with Gasteiger partial charge in [-0.05, 0) is 41.8 Å². The number of rotatable bonds is 5. The van der Waals surface area contributed by atoms with E-state index in [0.29, 0.717) is 27.0 Å². The van der Waals surface area contributed by atoms with Crippen molar-refractivity contribution >= 4 is 51.8 Å². The molecule has 0 spiro atoms. The van der Waals surface area contributed by atoms with Crippen LogP contribution in [0.1, 0.15) is 24.9 Å². The molecular weight excluding hydrogens is 376 g/mol. The number of hydrogen-bond donors (Lipinski definition) is 1. The minimum absolute atomic E-state index is 0.114. The summed E-state index contributed by atoms with van der Waals surface area (Å²) in [5, 5.41) is 4.66. The van der Waals surface area contributed by atoms with Gasteiger partial charge in [0.15, 0.2) is 0 Å². The molecule has 128 valence electrons. The van der Waals surface area contributed by atoms with Crippen molar-refractivity contribution in [3.05, 3.63) is 73.6 Å². The van der Waals surface area contributed by atoms with Crippen molar-refractivity contribution in [2.45, 2.75) is 6.54 Å². The van der Waals surface area contributed by atoms with Crippen molar-refractivity contribution in [1.29, 1.82) is 0 Å². The molecule has 0 fully saturated rings. The summed E-state index contributed by atoms with van der Waals surface area (Å²) in [5.74, 6) is -0.294. The molecule has 0 aliphatic heterocycles. The second-order valence-corrected chi connectivity index (χ2v) is 8.13. The van der Waals surface area contributed by atoms with Crippen LogP contribution in [0.5, 0.6) is 0 Å². The van der Waals surface area contributed by atoms with E-state index < -0.39 is 0 Å². The number of carbonyl (C=O) groups is 2. The number of benzene rings is 1. The number of hydrogen-bond acceptors (Lipinski definition) is 4. The molecule has 2 aromatic heterocycles. The first-order valence-corrected chi connectivity index (χ1v) is 9.55. The Balaban J connectivity index is 1.69. The number of nitrogens with one attached hydrogen (secondary N) is 1. The summed E-state index contributed by atoms with van der Waals surface area (Å²) in [6.07, 6.45) is 0. The molecule has 2 amide bonds. The van der Waals surface area contributed by atoms with Crippen molar-refractivity contribution in [3.63, 3.8) is 0 Å². The number of halogens is 1. The minimum atomic E-state index is -0.179. The SMILES string of the molecule is CN(Cc1ccc(Cl)s1)C(=O)c1cccc(NC(=O)c2cccs2)c1. The van der Waals surface area contributed by atoms with Gasteiger partial charge >= 0.3 is 0 Å². The topological polar surface area (TPSA) is 49.4 Å². The molecule has 7 heteroatoms. The Bertz CT molecular complexity index is 890. The van der Waals surface area contributed by atoms with Gasteiger partial charge in [0.05, 0.1) is 15.8 Å². The van der Waals surface area contributed by atoms with Crippen LogP contribution in [-0.2, 0) is 6.54 Å². The molecule has 2 heterocycles. The van der Waals surface area contributed by atoms with Crippen LogP contribution in [0.2, 0.25) is 4.34 Å². The largest absolute Gasteiger partial charge is 0.337 e. The van der Waals surface area contributed by atoms with Crippen molar-refractivity contribution in [3.8, 4) is 0 Å². The Morgan fingerprint density at radius 3 is 2.68 bits per heavy atom. The molecule has 4 nitrogen and oxygen atoms in total. The van der Waals surface area contributed by atoms with E-state index in [9.17, 15) is 9.59 Å². The highest BCUT2D eigenvalue weighted by molar-refractivity contribution is 7.16. The lowest BCUT2D eigenvalue weighted by molar-refractivity contribution is 0.0786. The highest BCUT2D eigenvalue weighted by Crippen LogP contribution is 2.23. The van der Waals surface area contributed by atoms with Gasteiger partial charge in [0.2, 0.25) is 0 Å². The second-order valence-electron chi connectivity index (χ2n) is 5.38. The van der Waals surface area contributed by atoms with Crippen LogP contribution in [0.3, 0.4) is 0 Å². The summed E-state index contributed by atoms with van der Waals surface area (Å²) >= 11 is 8.75. The lowest BCUT2D eigenvalue weighted by atomic mass is 10.1. The molecular formula is C18H15ClN2O2S2. The van der Waals surface area contributed by atoms with Gasteiger partial charge in [-0.1, -0.05) is 23.7 Å². The van der Waals surface area contributed by atoms with E-state index >= 15 is 0 Å². The smallest absolute Gasteiger partial charge is 0.265 e. The predicted octanol–water partition coefficient (Wildman–Crippen LogP) is 4.99. The number of thiophene rings is 2.